The van der Waals surface area contributed by atoms with Crippen molar-refractivity contribution in [3.8, 4) is 28.1 Å². The molecule has 2 aliphatic carbocycles. The number of aryl methyl sites for hydroxylation is 4. The van der Waals surface area contributed by atoms with Crippen molar-refractivity contribution in [3.05, 3.63) is 176 Å². The van der Waals surface area contributed by atoms with Gasteiger partial charge in [-0.25, -0.2) is 32.1 Å². The lowest BCUT2D eigenvalue weighted by Gasteiger charge is -2.13. The number of H-pyrrole nitrogens is 1. The molecule has 0 aliphatic heterocycles. The van der Waals surface area contributed by atoms with E-state index in [-0.39, 0.29) is 54.4 Å². The SMILES string of the molecule is CCOC(=O)c1c(-c2ccc[nH]c2=O)c2cc3c(cc2n1Cc1cc(F)ccc1F)CCC3.CCOC(=O)c1c(-c2cccnc2OC)c2cc3c(cc2n1Cc1cc(F)ccc1F)CCC3.N=NN=NCl. The van der Waals surface area contributed by atoms with Gasteiger partial charge in [0.05, 0.1) is 45.2 Å². The molecule has 0 radical (unpaired) electrons. The first-order chi connectivity index (χ1) is 34.9. The van der Waals surface area contributed by atoms with E-state index in [1.807, 2.05) is 18.2 Å². The summed E-state index contributed by atoms with van der Waals surface area (Å²) in [4.78, 5) is 46.3. The maximum Gasteiger partial charge on any atom is 0.355 e. The second-order valence-electron chi connectivity index (χ2n) is 16.8. The molecule has 72 heavy (non-hydrogen) atoms. The van der Waals surface area contributed by atoms with Gasteiger partial charge in [0.1, 0.15) is 34.7 Å². The number of esters is 2. The number of nitrogens with zero attached hydrogens (tertiary/aromatic N) is 6. The summed E-state index contributed by atoms with van der Waals surface area (Å²) in [5.41, 5.74) is 14.4. The first-order valence-corrected chi connectivity index (χ1v) is 23.4. The minimum atomic E-state index is -0.621. The summed E-state index contributed by atoms with van der Waals surface area (Å²) in [5, 5.41) is 6.63. The second-order valence-corrected chi connectivity index (χ2v) is 16.9. The molecule has 0 unspecified atom stereocenters. The highest BCUT2D eigenvalue weighted by Gasteiger charge is 2.31. The van der Waals surface area contributed by atoms with Crippen LogP contribution in [-0.4, -0.2) is 51.4 Å². The molecule has 4 aromatic carbocycles. The summed E-state index contributed by atoms with van der Waals surface area (Å²) in [6, 6.07) is 21.7. The largest absolute Gasteiger partial charge is 0.481 e. The van der Waals surface area contributed by atoms with Gasteiger partial charge in [-0.05, 0) is 170 Å². The van der Waals surface area contributed by atoms with Crippen LogP contribution in [0.25, 0.3) is 44.1 Å². The normalized spacial score (nSPS) is 12.5. The van der Waals surface area contributed by atoms with Crippen molar-refractivity contribution in [2.45, 2.75) is 65.5 Å². The van der Waals surface area contributed by atoms with Crippen molar-refractivity contribution in [2.24, 2.45) is 15.1 Å². The Hall–Kier alpha value is -7.99. The van der Waals surface area contributed by atoms with Gasteiger partial charge in [-0.1, -0.05) is 4.63 Å². The lowest BCUT2D eigenvalue weighted by atomic mass is 9.99. The minimum absolute atomic E-state index is 0.0321. The van der Waals surface area contributed by atoms with Crippen LogP contribution in [0, 0.1) is 28.8 Å². The third-order valence-corrected chi connectivity index (χ3v) is 12.6. The summed E-state index contributed by atoms with van der Waals surface area (Å²) in [7, 11) is 1.52. The molecule has 14 nitrogen and oxygen atoms in total. The number of ether oxygens (including phenoxy) is 3. The number of carbonyl (C=O) groups is 2. The van der Waals surface area contributed by atoms with Crippen molar-refractivity contribution >= 4 is 45.5 Å². The van der Waals surface area contributed by atoms with E-state index in [1.54, 1.807) is 47.4 Å². The van der Waals surface area contributed by atoms with Crippen LogP contribution in [0.4, 0.5) is 17.6 Å². The number of aromatic amines is 1. The number of hydrogen-bond acceptors (Lipinski definition) is 9. The fraction of sp³-hybridized carbons (Fsp3) is 0.245. The summed E-state index contributed by atoms with van der Waals surface area (Å²) < 4.78 is 79.5. The molecule has 0 fully saturated rings. The Balaban J connectivity index is 0.000000176. The first kappa shape index (κ1) is 50.4. The van der Waals surface area contributed by atoms with Crippen LogP contribution in [-0.2, 0) is 48.2 Å². The number of pyridine rings is 2. The highest BCUT2D eigenvalue weighted by Crippen LogP contribution is 2.43. The summed E-state index contributed by atoms with van der Waals surface area (Å²) in [6.07, 6.45) is 8.91. The molecule has 370 valence electrons. The van der Waals surface area contributed by atoms with Gasteiger partial charge in [0.25, 0.3) is 5.56 Å². The van der Waals surface area contributed by atoms with Crippen LogP contribution in [0.1, 0.15) is 81.0 Å². The predicted molar refractivity (Wildman–Crippen MR) is 262 cm³/mol. The monoisotopic (exact) mass is 1000 g/mol. The van der Waals surface area contributed by atoms with Crippen LogP contribution in [0.2, 0.25) is 0 Å². The average molecular weight is 1000 g/mol. The Morgan fingerprint density at radius 3 is 1.64 bits per heavy atom. The van der Waals surface area contributed by atoms with Crippen molar-refractivity contribution < 1.29 is 41.4 Å². The lowest BCUT2D eigenvalue weighted by Crippen LogP contribution is -2.16. The minimum Gasteiger partial charge on any atom is -0.481 e. The van der Waals surface area contributed by atoms with Crippen molar-refractivity contribution in [2.75, 3.05) is 20.3 Å². The Kier molecular flexibility index (Phi) is 15.7. The molecule has 0 saturated heterocycles. The topological polar surface area (TPSA) is 178 Å². The number of benzene rings is 4. The highest BCUT2D eigenvalue weighted by molar-refractivity contribution is 6.14. The molecule has 10 rings (SSSR count). The van der Waals surface area contributed by atoms with Crippen molar-refractivity contribution in [3.63, 3.8) is 0 Å². The number of fused-ring (bicyclic) bond motifs is 4. The standard InChI is InChI=1S/C27H24F2N2O3.C26H22F2N2O3.ClHN4/c1-3-34-27(32)25-24(20-8-5-11-30-26(20)33-2)21-13-16-6-4-7-17(16)14-23(21)31(25)15-18-12-19(28)9-10-22(18)29;1-2-33-26(32)24-23(19-7-4-10-29-25(19)31)20-12-15-5-3-6-16(15)13-22(20)30(24)14-17-11-18(27)8-9-21(17)28;1-3-5-4-2/h5,8-14H,3-4,6-7,15H2,1-2H3;4,7-13H,2-3,5-6,14H2,1H3,(H,29,31);2H. The number of nitrogens with one attached hydrogen (secondary N) is 2. The van der Waals surface area contributed by atoms with Crippen molar-refractivity contribution in [1.29, 1.82) is 5.53 Å². The molecule has 2 aliphatic rings. The molecular weight excluding hydrogens is 956 g/mol. The molecule has 0 atom stereocenters. The maximum absolute atomic E-state index is 14.7. The summed E-state index contributed by atoms with van der Waals surface area (Å²) in [5.74, 6) is -3.03. The Morgan fingerprint density at radius 1 is 0.708 bits per heavy atom. The molecule has 0 amide bonds. The van der Waals surface area contributed by atoms with E-state index in [0.29, 0.717) is 39.0 Å². The highest BCUT2D eigenvalue weighted by atomic mass is 35.5. The first-order valence-electron chi connectivity index (χ1n) is 23.0. The Bertz CT molecular complexity index is 3460. The molecule has 4 aromatic heterocycles. The number of methoxy groups -OCH3 is 1. The quantitative estimate of drug-likeness (QED) is 0.0529. The van der Waals surface area contributed by atoms with Gasteiger partial charge in [0.2, 0.25) is 5.88 Å². The maximum atomic E-state index is 14.7. The van der Waals surface area contributed by atoms with E-state index in [9.17, 15) is 31.9 Å². The summed E-state index contributed by atoms with van der Waals surface area (Å²) >= 11 is 4.55. The van der Waals surface area contributed by atoms with Gasteiger partial charge in [-0.2, -0.15) is 5.53 Å². The Labute approximate surface area is 414 Å². The zero-order valence-electron chi connectivity index (χ0n) is 39.3. The number of hydrogen-bond donors (Lipinski definition) is 2. The zero-order valence-corrected chi connectivity index (χ0v) is 40.1. The number of rotatable bonds is 12. The van der Waals surface area contributed by atoms with E-state index in [4.69, 9.17) is 19.7 Å². The molecule has 0 saturated carbocycles. The van der Waals surface area contributed by atoms with E-state index < -0.39 is 35.2 Å². The predicted octanol–water partition coefficient (Wildman–Crippen LogP) is 12.2. The van der Waals surface area contributed by atoms with E-state index in [1.165, 1.54) is 30.0 Å². The van der Waals surface area contributed by atoms with Crippen LogP contribution >= 0.6 is 11.8 Å². The zero-order chi connectivity index (χ0) is 51.1. The van der Waals surface area contributed by atoms with Gasteiger partial charge in [0, 0.05) is 67.6 Å². The summed E-state index contributed by atoms with van der Waals surface area (Å²) in [6.45, 7) is 3.62. The fourth-order valence-corrected chi connectivity index (χ4v) is 9.61. The van der Waals surface area contributed by atoms with Crippen LogP contribution in [0.5, 0.6) is 5.88 Å². The van der Waals surface area contributed by atoms with E-state index in [2.05, 4.69) is 49.0 Å². The fourth-order valence-electron chi connectivity index (χ4n) is 9.58. The van der Waals surface area contributed by atoms with E-state index >= 15 is 0 Å². The van der Waals surface area contributed by atoms with Gasteiger partial charge in [-0.15, -0.1) is 0 Å². The third kappa shape index (κ3) is 10.3. The van der Waals surface area contributed by atoms with Gasteiger partial charge in [0.15, 0.2) is 0 Å². The molecule has 2 N–H and O–H groups in total. The van der Waals surface area contributed by atoms with Gasteiger partial charge >= 0.3 is 11.9 Å². The Morgan fingerprint density at radius 2 is 1.19 bits per heavy atom. The van der Waals surface area contributed by atoms with Crippen molar-refractivity contribution in [1.82, 2.24) is 19.1 Å². The number of aromatic nitrogens is 4. The molecular formula is C53H47ClF4N8O6. The molecule has 19 heteroatoms. The second kappa shape index (κ2) is 22.4. The van der Waals surface area contributed by atoms with E-state index in [0.717, 1.165) is 91.4 Å². The van der Waals surface area contributed by atoms with Crippen LogP contribution < -0.4 is 10.3 Å². The number of carbonyl (C=O) groups excluding carboxylic acids is 2. The smallest absolute Gasteiger partial charge is 0.355 e. The van der Waals surface area contributed by atoms with Gasteiger partial charge < -0.3 is 28.3 Å². The third-order valence-electron chi connectivity index (χ3n) is 12.6. The average Bonchev–Trinajstić information content (AvgIpc) is 4.17. The number of halogens is 5. The molecule has 4 heterocycles. The van der Waals surface area contributed by atoms with Crippen LogP contribution in [0.3, 0.4) is 0 Å². The molecule has 8 aromatic rings. The molecule has 0 bridgehead atoms. The van der Waals surface area contributed by atoms with Crippen LogP contribution in [0.15, 0.2) is 117 Å². The van der Waals surface area contributed by atoms with Gasteiger partial charge in [-0.3, -0.25) is 4.79 Å². The lowest BCUT2D eigenvalue weighted by molar-refractivity contribution is 0.0506. The molecule has 0 spiro atoms.